The number of amides is 2. The van der Waals surface area contributed by atoms with Crippen molar-refractivity contribution in [1.29, 1.82) is 0 Å². The van der Waals surface area contributed by atoms with Crippen LogP contribution in [0.5, 0.6) is 0 Å². The monoisotopic (exact) mass is 208 g/mol. The summed E-state index contributed by atoms with van der Waals surface area (Å²) in [6, 6.07) is 0.0240. The summed E-state index contributed by atoms with van der Waals surface area (Å²) in [7, 11) is 0. The van der Waals surface area contributed by atoms with Crippen molar-refractivity contribution in [3.63, 3.8) is 0 Å². The van der Waals surface area contributed by atoms with Gasteiger partial charge >= 0.3 is 6.03 Å². The van der Waals surface area contributed by atoms with Crippen molar-refractivity contribution in [3.8, 4) is 0 Å². The van der Waals surface area contributed by atoms with Crippen LogP contribution in [0.2, 0.25) is 0 Å². The van der Waals surface area contributed by atoms with E-state index in [-0.39, 0.29) is 6.03 Å². The van der Waals surface area contributed by atoms with Gasteiger partial charge in [-0.2, -0.15) is 11.8 Å². The Morgan fingerprint density at radius 2 is 2.17 bits per heavy atom. The van der Waals surface area contributed by atoms with Gasteiger partial charge in [0.05, 0.1) is 0 Å². The van der Waals surface area contributed by atoms with E-state index in [1.165, 1.54) is 0 Å². The van der Waals surface area contributed by atoms with Gasteiger partial charge in [-0.05, 0) is 0 Å². The highest BCUT2D eigenvalue weighted by atomic mass is 35.5. The normalized spacial score (nSPS) is 17.6. The van der Waals surface area contributed by atoms with E-state index in [4.69, 9.17) is 11.6 Å². The Morgan fingerprint density at radius 3 is 2.75 bits per heavy atom. The summed E-state index contributed by atoms with van der Waals surface area (Å²) in [6.45, 7) is 2.28. The lowest BCUT2D eigenvalue weighted by Gasteiger charge is -2.26. The van der Waals surface area contributed by atoms with Crippen LogP contribution < -0.4 is 5.32 Å². The second-order valence-electron chi connectivity index (χ2n) is 2.52. The maximum atomic E-state index is 11.3. The summed E-state index contributed by atoms with van der Waals surface area (Å²) < 4.78 is 0. The van der Waals surface area contributed by atoms with Crippen LogP contribution in [0.1, 0.15) is 0 Å². The first kappa shape index (κ1) is 9.99. The largest absolute Gasteiger partial charge is 0.337 e. The highest BCUT2D eigenvalue weighted by molar-refractivity contribution is 7.99. The van der Waals surface area contributed by atoms with Crippen molar-refractivity contribution in [2.75, 3.05) is 37.0 Å². The lowest BCUT2D eigenvalue weighted by atomic mass is 10.5. The van der Waals surface area contributed by atoms with E-state index in [0.717, 1.165) is 24.6 Å². The first-order chi connectivity index (χ1) is 5.84. The summed E-state index contributed by atoms with van der Waals surface area (Å²) in [6.07, 6.45) is 0. The second kappa shape index (κ2) is 5.54. The van der Waals surface area contributed by atoms with E-state index in [2.05, 4.69) is 5.32 Å². The molecule has 1 aliphatic heterocycles. The van der Waals surface area contributed by atoms with Gasteiger partial charge in [-0.1, -0.05) is 0 Å². The fraction of sp³-hybridized carbons (Fsp3) is 0.857. The molecular weight excluding hydrogens is 196 g/mol. The molecule has 0 spiro atoms. The highest BCUT2D eigenvalue weighted by Gasteiger charge is 2.15. The average Bonchev–Trinajstić information content (AvgIpc) is 2.15. The molecule has 3 nitrogen and oxygen atoms in total. The van der Waals surface area contributed by atoms with Crippen molar-refractivity contribution in [1.82, 2.24) is 10.2 Å². The van der Waals surface area contributed by atoms with Gasteiger partial charge in [-0.3, -0.25) is 0 Å². The van der Waals surface area contributed by atoms with E-state index in [1.54, 1.807) is 0 Å². The van der Waals surface area contributed by atoms with Gasteiger partial charge in [0.25, 0.3) is 0 Å². The van der Waals surface area contributed by atoms with Crippen molar-refractivity contribution in [3.05, 3.63) is 0 Å². The topological polar surface area (TPSA) is 32.3 Å². The SMILES string of the molecule is O=C(NCCCl)N1CCSCC1. The number of alkyl halides is 1. The molecule has 0 saturated carbocycles. The number of carbonyl (C=O) groups is 1. The van der Waals surface area contributed by atoms with Crippen molar-refractivity contribution >= 4 is 29.4 Å². The number of nitrogens with zero attached hydrogens (tertiary/aromatic N) is 1. The molecule has 1 rings (SSSR count). The molecule has 1 N–H and O–H groups in total. The third kappa shape index (κ3) is 3.11. The quantitative estimate of drug-likeness (QED) is 0.687. The molecule has 0 radical (unpaired) electrons. The zero-order chi connectivity index (χ0) is 8.81. The molecule has 70 valence electrons. The maximum absolute atomic E-state index is 11.3. The molecule has 0 aliphatic carbocycles. The van der Waals surface area contributed by atoms with Gasteiger partial charge in [-0.15, -0.1) is 11.6 Å². The van der Waals surface area contributed by atoms with Gasteiger partial charge in [0.2, 0.25) is 0 Å². The third-order valence-electron chi connectivity index (χ3n) is 1.67. The molecule has 1 heterocycles. The molecule has 5 heteroatoms. The molecule has 1 aliphatic rings. The molecule has 1 fully saturated rings. The number of rotatable bonds is 2. The Morgan fingerprint density at radius 1 is 1.50 bits per heavy atom. The Hall–Kier alpha value is -0.0900. The maximum Gasteiger partial charge on any atom is 0.317 e. The Balaban J connectivity index is 2.20. The summed E-state index contributed by atoms with van der Waals surface area (Å²) in [5.74, 6) is 2.58. The van der Waals surface area contributed by atoms with Gasteiger partial charge in [-0.25, -0.2) is 4.79 Å². The van der Waals surface area contributed by atoms with E-state index in [9.17, 15) is 4.79 Å². The van der Waals surface area contributed by atoms with Crippen LogP contribution in [0.3, 0.4) is 0 Å². The fourth-order valence-electron chi connectivity index (χ4n) is 1.03. The van der Waals surface area contributed by atoms with Crippen molar-refractivity contribution < 1.29 is 4.79 Å². The smallest absolute Gasteiger partial charge is 0.317 e. The number of carbonyl (C=O) groups excluding carboxylic acids is 1. The van der Waals surface area contributed by atoms with Crippen LogP contribution >= 0.6 is 23.4 Å². The second-order valence-corrected chi connectivity index (χ2v) is 4.12. The molecule has 12 heavy (non-hydrogen) atoms. The number of thioether (sulfide) groups is 1. The highest BCUT2D eigenvalue weighted by Crippen LogP contribution is 2.08. The predicted molar refractivity (Wildman–Crippen MR) is 53.0 cm³/mol. The summed E-state index contributed by atoms with van der Waals surface area (Å²) in [5, 5.41) is 2.75. The lowest BCUT2D eigenvalue weighted by molar-refractivity contribution is 0.204. The number of hydrogen-bond donors (Lipinski definition) is 1. The van der Waals surface area contributed by atoms with Crippen LogP contribution in [0.15, 0.2) is 0 Å². The van der Waals surface area contributed by atoms with E-state index >= 15 is 0 Å². The van der Waals surface area contributed by atoms with E-state index in [0.29, 0.717) is 12.4 Å². The van der Waals surface area contributed by atoms with Gasteiger partial charge in [0.15, 0.2) is 0 Å². The first-order valence-electron chi connectivity index (χ1n) is 4.01. The number of urea groups is 1. The molecule has 0 aromatic rings. The fourth-order valence-corrected chi connectivity index (χ4v) is 2.03. The van der Waals surface area contributed by atoms with Crippen LogP contribution in [0.4, 0.5) is 4.79 Å². The first-order valence-corrected chi connectivity index (χ1v) is 5.70. The van der Waals surface area contributed by atoms with Gasteiger partial charge in [0.1, 0.15) is 0 Å². The Kier molecular flexibility index (Phi) is 4.61. The van der Waals surface area contributed by atoms with Crippen LogP contribution in [0, 0.1) is 0 Å². The molecule has 0 aromatic heterocycles. The Bertz CT molecular complexity index is 150. The number of halogens is 1. The summed E-state index contributed by atoms with van der Waals surface area (Å²) >= 11 is 7.34. The van der Waals surface area contributed by atoms with Crippen molar-refractivity contribution in [2.24, 2.45) is 0 Å². The van der Waals surface area contributed by atoms with E-state index < -0.39 is 0 Å². The molecule has 0 atom stereocenters. The Labute approximate surface area is 81.8 Å². The van der Waals surface area contributed by atoms with E-state index in [1.807, 2.05) is 16.7 Å². The molecule has 0 aromatic carbocycles. The minimum atomic E-state index is 0.0240. The minimum absolute atomic E-state index is 0.0240. The van der Waals surface area contributed by atoms with Crippen LogP contribution in [-0.4, -0.2) is 48.0 Å². The molecular formula is C7H13ClN2OS. The summed E-state index contributed by atoms with van der Waals surface area (Å²) in [5.41, 5.74) is 0. The predicted octanol–water partition coefficient (Wildman–Crippen LogP) is 0.984. The molecule has 1 saturated heterocycles. The number of nitrogens with one attached hydrogen (secondary N) is 1. The molecule has 0 unspecified atom stereocenters. The molecule has 2 amide bonds. The summed E-state index contributed by atoms with van der Waals surface area (Å²) in [4.78, 5) is 13.1. The third-order valence-corrected chi connectivity index (χ3v) is 2.80. The van der Waals surface area contributed by atoms with Crippen LogP contribution in [0.25, 0.3) is 0 Å². The average molecular weight is 209 g/mol. The minimum Gasteiger partial charge on any atom is -0.337 e. The van der Waals surface area contributed by atoms with Crippen molar-refractivity contribution in [2.45, 2.75) is 0 Å². The van der Waals surface area contributed by atoms with Crippen LogP contribution in [-0.2, 0) is 0 Å². The van der Waals surface area contributed by atoms with Gasteiger partial charge in [0, 0.05) is 37.0 Å². The molecule has 0 bridgehead atoms. The lowest BCUT2D eigenvalue weighted by Crippen LogP contribution is -2.44. The standard InChI is InChI=1S/C7H13ClN2OS/c8-1-2-9-7(11)10-3-5-12-6-4-10/h1-6H2,(H,9,11). The van der Waals surface area contributed by atoms with Gasteiger partial charge < -0.3 is 10.2 Å². The number of hydrogen-bond acceptors (Lipinski definition) is 2. The zero-order valence-electron chi connectivity index (χ0n) is 6.88. The zero-order valence-corrected chi connectivity index (χ0v) is 8.46.